The largest absolute Gasteiger partial charge is 0.381 e. The first-order valence-corrected chi connectivity index (χ1v) is 6.97. The van der Waals surface area contributed by atoms with Gasteiger partial charge in [-0.3, -0.25) is 4.79 Å². The molecule has 0 aliphatic carbocycles. The second kappa shape index (κ2) is 6.30. The van der Waals surface area contributed by atoms with Crippen molar-refractivity contribution >= 4 is 5.78 Å². The minimum Gasteiger partial charge on any atom is -0.381 e. The molecule has 0 N–H and O–H groups in total. The van der Waals surface area contributed by atoms with Crippen molar-refractivity contribution in [3.05, 3.63) is 18.2 Å². The second-order valence-electron chi connectivity index (χ2n) is 4.77. The number of carbonyl (C=O) groups excluding carboxylic acids is 1. The summed E-state index contributed by atoms with van der Waals surface area (Å²) in [6, 6.07) is 0. The van der Waals surface area contributed by atoms with E-state index in [0.29, 0.717) is 39.1 Å². The molecule has 0 spiro atoms. The Hall–Kier alpha value is -1.20. The summed E-state index contributed by atoms with van der Waals surface area (Å²) in [5.74, 6) is 0.941. The van der Waals surface area contributed by atoms with Gasteiger partial charge in [-0.05, 0) is 13.8 Å². The van der Waals surface area contributed by atoms with E-state index < -0.39 is 5.60 Å². The van der Waals surface area contributed by atoms with Crippen LogP contribution in [0, 0.1) is 0 Å². The molecule has 19 heavy (non-hydrogen) atoms. The second-order valence-corrected chi connectivity index (χ2v) is 4.77. The lowest BCUT2D eigenvalue weighted by atomic mass is 9.87. The van der Waals surface area contributed by atoms with Gasteiger partial charge in [-0.15, -0.1) is 0 Å². The minimum atomic E-state index is -0.669. The van der Waals surface area contributed by atoms with Crippen LogP contribution in [0.15, 0.2) is 12.4 Å². The highest BCUT2D eigenvalue weighted by Crippen LogP contribution is 2.27. The molecule has 0 aromatic carbocycles. The van der Waals surface area contributed by atoms with Crippen LogP contribution in [0.1, 0.15) is 32.5 Å². The summed E-state index contributed by atoms with van der Waals surface area (Å²) >= 11 is 0. The molecule has 1 aromatic rings. The molecule has 1 fully saturated rings. The molecule has 0 atom stereocenters. The number of ketones is 1. The number of rotatable bonds is 6. The zero-order chi connectivity index (χ0) is 13.7. The zero-order valence-corrected chi connectivity index (χ0v) is 11.7. The molecule has 1 aliphatic rings. The van der Waals surface area contributed by atoms with Crippen molar-refractivity contribution < 1.29 is 14.3 Å². The number of nitrogens with zero attached hydrogens (tertiary/aromatic N) is 2. The molecule has 0 bridgehead atoms. The predicted molar refractivity (Wildman–Crippen MR) is 71.0 cm³/mol. The average molecular weight is 266 g/mol. The molecule has 2 heterocycles. The van der Waals surface area contributed by atoms with Gasteiger partial charge in [0.15, 0.2) is 5.78 Å². The van der Waals surface area contributed by atoms with Crippen molar-refractivity contribution in [1.82, 2.24) is 9.55 Å². The van der Waals surface area contributed by atoms with Crippen LogP contribution >= 0.6 is 0 Å². The summed E-state index contributed by atoms with van der Waals surface area (Å²) in [6.45, 7) is 6.53. The molecular formula is C14H22N2O3. The Labute approximate surface area is 113 Å². The van der Waals surface area contributed by atoms with Gasteiger partial charge in [0.1, 0.15) is 11.4 Å². The SMILES string of the molecule is CCOC1(C(=O)Cc2nccn2CC)CCOCC1. The molecule has 2 rings (SSSR count). The highest BCUT2D eigenvalue weighted by Gasteiger charge is 2.40. The van der Waals surface area contributed by atoms with Crippen LogP contribution in [0.4, 0.5) is 0 Å². The van der Waals surface area contributed by atoms with Gasteiger partial charge in [-0.25, -0.2) is 4.98 Å². The maximum Gasteiger partial charge on any atom is 0.172 e. The normalized spacial score (nSPS) is 18.4. The zero-order valence-electron chi connectivity index (χ0n) is 11.7. The minimum absolute atomic E-state index is 0.124. The van der Waals surface area contributed by atoms with Gasteiger partial charge < -0.3 is 14.0 Å². The Morgan fingerprint density at radius 2 is 2.21 bits per heavy atom. The number of aryl methyl sites for hydroxylation is 1. The Morgan fingerprint density at radius 1 is 1.47 bits per heavy atom. The lowest BCUT2D eigenvalue weighted by Crippen LogP contribution is -2.47. The third-order valence-electron chi connectivity index (χ3n) is 3.69. The molecule has 1 aliphatic heterocycles. The topological polar surface area (TPSA) is 53.3 Å². The number of hydrogen-bond acceptors (Lipinski definition) is 4. The van der Waals surface area contributed by atoms with Crippen LogP contribution in [0.3, 0.4) is 0 Å². The predicted octanol–water partition coefficient (Wildman–Crippen LogP) is 1.60. The van der Waals surface area contributed by atoms with Crippen LogP contribution in [0.2, 0.25) is 0 Å². The van der Waals surface area contributed by atoms with Crippen molar-refractivity contribution in [3.8, 4) is 0 Å². The molecule has 106 valence electrons. The number of hydrogen-bond donors (Lipinski definition) is 0. The van der Waals surface area contributed by atoms with Gasteiger partial charge in [0.05, 0.1) is 6.42 Å². The highest BCUT2D eigenvalue weighted by atomic mass is 16.5. The lowest BCUT2D eigenvalue weighted by Gasteiger charge is -2.35. The third kappa shape index (κ3) is 3.04. The maximum absolute atomic E-state index is 12.6. The quantitative estimate of drug-likeness (QED) is 0.785. The standard InChI is InChI=1S/C14H22N2O3/c1-3-16-8-7-15-13(16)11-12(17)14(19-4-2)5-9-18-10-6-14/h7-8H,3-6,9-11H2,1-2H3. The van der Waals surface area contributed by atoms with Gasteiger partial charge in [0.2, 0.25) is 0 Å². The van der Waals surface area contributed by atoms with E-state index in [1.54, 1.807) is 6.20 Å². The first kappa shape index (κ1) is 14.2. The smallest absolute Gasteiger partial charge is 0.172 e. The summed E-state index contributed by atoms with van der Waals surface area (Å²) in [4.78, 5) is 16.9. The van der Waals surface area contributed by atoms with Crippen molar-refractivity contribution in [2.75, 3.05) is 19.8 Å². The number of ether oxygens (including phenoxy) is 2. The van der Waals surface area contributed by atoms with Crippen molar-refractivity contribution in [1.29, 1.82) is 0 Å². The number of aromatic nitrogens is 2. The molecule has 1 aromatic heterocycles. The Bertz CT molecular complexity index is 417. The first-order chi connectivity index (χ1) is 9.22. The first-order valence-electron chi connectivity index (χ1n) is 6.97. The Morgan fingerprint density at radius 3 is 2.84 bits per heavy atom. The average Bonchev–Trinajstić information content (AvgIpc) is 2.87. The highest BCUT2D eigenvalue weighted by molar-refractivity contribution is 5.88. The summed E-state index contributed by atoms with van der Waals surface area (Å²) in [6.07, 6.45) is 5.27. The molecule has 1 saturated heterocycles. The summed E-state index contributed by atoms with van der Waals surface area (Å²) in [5, 5.41) is 0. The molecule has 0 radical (unpaired) electrons. The van der Waals surface area contributed by atoms with E-state index in [1.807, 2.05) is 24.6 Å². The Kier molecular flexibility index (Phi) is 4.71. The van der Waals surface area contributed by atoms with E-state index >= 15 is 0 Å². The van der Waals surface area contributed by atoms with E-state index in [0.717, 1.165) is 12.4 Å². The summed E-state index contributed by atoms with van der Waals surface area (Å²) in [7, 11) is 0. The summed E-state index contributed by atoms with van der Waals surface area (Å²) in [5.41, 5.74) is -0.669. The number of Topliss-reactive ketones (excluding diaryl/α,β-unsaturated/α-hetero) is 1. The maximum atomic E-state index is 12.6. The molecule has 0 amide bonds. The van der Waals surface area contributed by atoms with Crippen molar-refractivity contribution in [2.24, 2.45) is 0 Å². The molecular weight excluding hydrogens is 244 g/mol. The van der Waals surface area contributed by atoms with Crippen LogP contribution in [-0.4, -0.2) is 40.8 Å². The van der Waals surface area contributed by atoms with Crippen LogP contribution in [0.5, 0.6) is 0 Å². The molecule has 5 heteroatoms. The van der Waals surface area contributed by atoms with Gasteiger partial charge in [-0.2, -0.15) is 0 Å². The van der Waals surface area contributed by atoms with Crippen molar-refractivity contribution in [3.63, 3.8) is 0 Å². The van der Waals surface area contributed by atoms with E-state index in [1.165, 1.54) is 0 Å². The number of carbonyl (C=O) groups is 1. The fraction of sp³-hybridized carbons (Fsp3) is 0.714. The fourth-order valence-corrected chi connectivity index (χ4v) is 2.58. The van der Waals surface area contributed by atoms with Gasteiger partial charge in [0, 0.05) is 51.6 Å². The molecule has 0 unspecified atom stereocenters. The Balaban J connectivity index is 2.11. The van der Waals surface area contributed by atoms with E-state index in [4.69, 9.17) is 9.47 Å². The molecule has 0 saturated carbocycles. The molecule has 5 nitrogen and oxygen atoms in total. The fourth-order valence-electron chi connectivity index (χ4n) is 2.58. The van der Waals surface area contributed by atoms with Crippen LogP contribution < -0.4 is 0 Å². The van der Waals surface area contributed by atoms with Crippen LogP contribution in [0.25, 0.3) is 0 Å². The van der Waals surface area contributed by atoms with Gasteiger partial charge >= 0.3 is 0 Å². The van der Waals surface area contributed by atoms with Crippen LogP contribution in [-0.2, 0) is 27.2 Å². The van der Waals surface area contributed by atoms with Crippen molar-refractivity contribution in [2.45, 2.75) is 45.3 Å². The third-order valence-corrected chi connectivity index (χ3v) is 3.69. The summed E-state index contributed by atoms with van der Waals surface area (Å²) < 4.78 is 13.1. The van der Waals surface area contributed by atoms with Gasteiger partial charge in [0.25, 0.3) is 0 Å². The lowest BCUT2D eigenvalue weighted by molar-refractivity contribution is -0.157. The van der Waals surface area contributed by atoms with E-state index in [9.17, 15) is 4.79 Å². The van der Waals surface area contributed by atoms with Gasteiger partial charge in [-0.1, -0.05) is 0 Å². The number of imidazole rings is 1. The van der Waals surface area contributed by atoms with E-state index in [-0.39, 0.29) is 5.78 Å². The van der Waals surface area contributed by atoms with E-state index in [2.05, 4.69) is 4.98 Å². The monoisotopic (exact) mass is 266 g/mol.